The summed E-state index contributed by atoms with van der Waals surface area (Å²) in [6.07, 6.45) is 2.40. The molecule has 3 saturated heterocycles. The molecule has 6 rings (SSSR count). The lowest BCUT2D eigenvalue weighted by Crippen LogP contribution is -2.53. The summed E-state index contributed by atoms with van der Waals surface area (Å²) >= 11 is 6.47. The third kappa shape index (κ3) is 4.38. The van der Waals surface area contributed by atoms with Crippen molar-refractivity contribution < 1.29 is 18.7 Å². The minimum atomic E-state index is -0.413. The Kier molecular flexibility index (Phi) is 6.23. The fourth-order valence-electron chi connectivity index (χ4n) is 5.85. The number of nitrogens with zero attached hydrogens (tertiary/aromatic N) is 1. The van der Waals surface area contributed by atoms with Gasteiger partial charge in [0.1, 0.15) is 17.7 Å². The number of carbonyl (C=O) groups excluding carboxylic acids is 1. The number of carbonyl (C=O) groups is 1. The van der Waals surface area contributed by atoms with Crippen molar-refractivity contribution in [2.45, 2.75) is 52.2 Å². The van der Waals surface area contributed by atoms with Gasteiger partial charge < -0.3 is 14.8 Å². The number of hydrogen-bond donors (Lipinski definition) is 1. The van der Waals surface area contributed by atoms with E-state index >= 15 is 4.39 Å². The molecule has 4 aliphatic rings. The van der Waals surface area contributed by atoms with Crippen molar-refractivity contribution in [3.63, 3.8) is 0 Å². The zero-order valence-corrected chi connectivity index (χ0v) is 20.8. The lowest BCUT2D eigenvalue weighted by molar-refractivity contribution is -0.0349. The number of nitrogens with one attached hydrogen (secondary N) is 1. The van der Waals surface area contributed by atoms with E-state index in [0.29, 0.717) is 34.4 Å². The van der Waals surface area contributed by atoms with Crippen LogP contribution < -0.4 is 10.1 Å². The number of halogens is 2. The summed E-state index contributed by atoms with van der Waals surface area (Å²) in [5.41, 5.74) is 2.63. The van der Waals surface area contributed by atoms with Gasteiger partial charge in [-0.3, -0.25) is 4.90 Å². The SMILES string of the molecule is CCOc1ccc(-c2cc3c(cc2F)[C@H](NC(=O)O[C@@H]2CN4CCC2CC4)C(C)(C)C3)c(Cl)c1. The second kappa shape index (κ2) is 9.04. The standard InChI is InChI=1S/C27H32ClFN2O3/c1-4-33-18-5-6-19(22(28)12-18)21-11-17-14-27(2,3)25(20(17)13-23(21)29)30-26(32)34-24-15-31-9-7-16(24)8-10-31/h5-6,11-13,16,24-25H,4,7-10,14-15H2,1-3H3,(H,30,32)/t24-,25+/m1/s1. The molecule has 34 heavy (non-hydrogen) atoms. The van der Waals surface area contributed by atoms with Crippen LogP contribution in [0.3, 0.4) is 0 Å². The number of alkyl carbamates (subject to hydrolysis) is 1. The third-order valence-electron chi connectivity index (χ3n) is 7.63. The molecule has 2 atom stereocenters. The predicted molar refractivity (Wildman–Crippen MR) is 131 cm³/mol. The monoisotopic (exact) mass is 486 g/mol. The molecule has 0 spiro atoms. The van der Waals surface area contributed by atoms with Gasteiger partial charge in [-0.1, -0.05) is 25.4 Å². The van der Waals surface area contributed by atoms with Crippen LogP contribution in [0.2, 0.25) is 5.02 Å². The van der Waals surface area contributed by atoms with Crippen LogP contribution in [0.15, 0.2) is 30.3 Å². The Hall–Kier alpha value is -2.31. The van der Waals surface area contributed by atoms with Gasteiger partial charge in [-0.05, 0) is 92.1 Å². The van der Waals surface area contributed by atoms with Gasteiger partial charge in [-0.15, -0.1) is 0 Å². The van der Waals surface area contributed by atoms with E-state index in [2.05, 4.69) is 24.1 Å². The summed E-state index contributed by atoms with van der Waals surface area (Å²) in [7, 11) is 0. The van der Waals surface area contributed by atoms with Gasteiger partial charge in [0.2, 0.25) is 0 Å². The smallest absolute Gasteiger partial charge is 0.407 e. The Balaban J connectivity index is 1.37. The molecule has 0 unspecified atom stereocenters. The fourth-order valence-corrected chi connectivity index (χ4v) is 6.13. The highest BCUT2D eigenvalue weighted by Gasteiger charge is 2.42. The largest absolute Gasteiger partial charge is 0.494 e. The molecule has 0 aromatic heterocycles. The Morgan fingerprint density at radius 2 is 1.97 bits per heavy atom. The number of fused-ring (bicyclic) bond motifs is 4. The van der Waals surface area contributed by atoms with Crippen molar-refractivity contribution in [1.82, 2.24) is 10.2 Å². The fraction of sp³-hybridized carbons (Fsp3) is 0.519. The Bertz CT molecular complexity index is 1100. The van der Waals surface area contributed by atoms with Crippen LogP contribution in [0.5, 0.6) is 5.75 Å². The number of piperidine rings is 3. The van der Waals surface area contributed by atoms with Crippen molar-refractivity contribution in [2.24, 2.45) is 11.3 Å². The van der Waals surface area contributed by atoms with Gasteiger partial charge in [0.05, 0.1) is 17.7 Å². The van der Waals surface area contributed by atoms with Crippen molar-refractivity contribution in [3.05, 3.63) is 52.3 Å². The molecule has 1 aliphatic carbocycles. The molecule has 1 amide bonds. The Labute approximate surface area is 205 Å². The molecule has 0 saturated carbocycles. The molecule has 182 valence electrons. The molecule has 7 heteroatoms. The number of amides is 1. The molecule has 2 bridgehead atoms. The third-order valence-corrected chi connectivity index (χ3v) is 7.94. The molecule has 3 heterocycles. The zero-order chi connectivity index (χ0) is 24.0. The van der Waals surface area contributed by atoms with Gasteiger partial charge in [0, 0.05) is 17.7 Å². The van der Waals surface area contributed by atoms with Crippen molar-refractivity contribution in [2.75, 3.05) is 26.2 Å². The van der Waals surface area contributed by atoms with E-state index in [1.54, 1.807) is 24.3 Å². The summed E-state index contributed by atoms with van der Waals surface area (Å²) in [6.45, 7) is 9.62. The van der Waals surface area contributed by atoms with E-state index < -0.39 is 6.09 Å². The summed E-state index contributed by atoms with van der Waals surface area (Å²) in [5.74, 6) is 0.739. The number of benzene rings is 2. The van der Waals surface area contributed by atoms with E-state index in [9.17, 15) is 4.79 Å². The molecular weight excluding hydrogens is 455 g/mol. The second-order valence-electron chi connectivity index (χ2n) is 10.4. The maximum atomic E-state index is 15.4. The van der Waals surface area contributed by atoms with E-state index in [1.165, 1.54) is 0 Å². The average molecular weight is 487 g/mol. The molecule has 0 radical (unpaired) electrons. The molecule has 3 fully saturated rings. The number of rotatable bonds is 5. The van der Waals surface area contributed by atoms with Crippen molar-refractivity contribution in [3.8, 4) is 16.9 Å². The number of hydrogen-bond acceptors (Lipinski definition) is 4. The maximum Gasteiger partial charge on any atom is 0.407 e. The molecule has 3 aliphatic heterocycles. The van der Waals surface area contributed by atoms with Crippen LogP contribution in [0, 0.1) is 17.2 Å². The van der Waals surface area contributed by atoms with Crippen LogP contribution in [-0.4, -0.2) is 43.3 Å². The highest BCUT2D eigenvalue weighted by Crippen LogP contribution is 2.47. The predicted octanol–water partition coefficient (Wildman–Crippen LogP) is 5.99. The van der Waals surface area contributed by atoms with Crippen LogP contribution in [0.4, 0.5) is 9.18 Å². The second-order valence-corrected chi connectivity index (χ2v) is 10.8. The normalized spacial score (nSPS) is 26.7. The highest BCUT2D eigenvalue weighted by atomic mass is 35.5. The Morgan fingerprint density at radius 3 is 2.62 bits per heavy atom. The first-order chi connectivity index (χ1) is 16.2. The van der Waals surface area contributed by atoms with Crippen molar-refractivity contribution in [1.29, 1.82) is 0 Å². The first-order valence-electron chi connectivity index (χ1n) is 12.2. The minimum absolute atomic E-state index is 0.0626. The molecule has 5 nitrogen and oxygen atoms in total. The van der Waals surface area contributed by atoms with E-state index in [4.69, 9.17) is 21.1 Å². The summed E-state index contributed by atoms with van der Waals surface area (Å²) < 4.78 is 26.7. The first kappa shape index (κ1) is 23.4. The van der Waals surface area contributed by atoms with Crippen LogP contribution in [0.1, 0.15) is 50.8 Å². The molecule has 1 N–H and O–H groups in total. The molecular formula is C27H32ClFN2O3. The topological polar surface area (TPSA) is 50.8 Å². The zero-order valence-electron chi connectivity index (χ0n) is 20.0. The molecule has 2 aromatic rings. The van der Waals surface area contributed by atoms with E-state index in [0.717, 1.165) is 50.0 Å². The van der Waals surface area contributed by atoms with E-state index in [1.807, 2.05) is 13.0 Å². The summed E-state index contributed by atoms with van der Waals surface area (Å²) in [6, 6.07) is 8.40. The van der Waals surface area contributed by atoms with Gasteiger partial charge in [-0.25, -0.2) is 9.18 Å². The molecule has 2 aromatic carbocycles. The van der Waals surface area contributed by atoms with Crippen LogP contribution >= 0.6 is 11.6 Å². The first-order valence-corrected chi connectivity index (χ1v) is 12.6. The lowest BCUT2D eigenvalue weighted by Gasteiger charge is -2.44. The summed E-state index contributed by atoms with van der Waals surface area (Å²) in [5, 5.41) is 3.50. The van der Waals surface area contributed by atoms with Crippen molar-refractivity contribution >= 4 is 17.7 Å². The Morgan fingerprint density at radius 1 is 1.21 bits per heavy atom. The van der Waals surface area contributed by atoms with Crippen LogP contribution in [-0.2, 0) is 11.2 Å². The average Bonchev–Trinajstić information content (AvgIpc) is 3.03. The van der Waals surface area contributed by atoms with Gasteiger partial charge in [0.25, 0.3) is 0 Å². The number of ether oxygens (including phenoxy) is 2. The van der Waals surface area contributed by atoms with Gasteiger partial charge in [0.15, 0.2) is 0 Å². The lowest BCUT2D eigenvalue weighted by atomic mass is 9.85. The van der Waals surface area contributed by atoms with Crippen LogP contribution in [0.25, 0.3) is 11.1 Å². The van der Waals surface area contributed by atoms with Gasteiger partial charge >= 0.3 is 6.09 Å². The van der Waals surface area contributed by atoms with E-state index in [-0.39, 0.29) is 23.4 Å². The van der Waals surface area contributed by atoms with Gasteiger partial charge in [-0.2, -0.15) is 0 Å². The highest BCUT2D eigenvalue weighted by molar-refractivity contribution is 6.33. The summed E-state index contributed by atoms with van der Waals surface area (Å²) in [4.78, 5) is 15.2. The quantitative estimate of drug-likeness (QED) is 0.564. The maximum absolute atomic E-state index is 15.4. The minimum Gasteiger partial charge on any atom is -0.494 e.